The molecule has 0 atom stereocenters. The maximum Gasteiger partial charge on any atom is 0.417 e. The SMILES string of the molecule is COc1ccc(C=CC(=O)Nc2ccc(Cl)c(C(F)(F)F)c2)cc1. The molecule has 0 fully saturated rings. The summed E-state index contributed by atoms with van der Waals surface area (Å²) in [7, 11) is 1.54. The summed E-state index contributed by atoms with van der Waals surface area (Å²) in [6, 6.07) is 10.1. The molecule has 0 aliphatic heterocycles. The third-order valence-electron chi connectivity index (χ3n) is 3.08. The minimum atomic E-state index is -4.59. The quantitative estimate of drug-likeness (QED) is 0.782. The van der Waals surface area contributed by atoms with E-state index >= 15 is 0 Å². The van der Waals surface area contributed by atoms with Gasteiger partial charge in [0.2, 0.25) is 5.91 Å². The zero-order valence-corrected chi connectivity index (χ0v) is 13.3. The molecule has 126 valence electrons. The first kappa shape index (κ1) is 17.9. The van der Waals surface area contributed by atoms with Crippen LogP contribution in [0.1, 0.15) is 11.1 Å². The van der Waals surface area contributed by atoms with Crippen molar-refractivity contribution >= 4 is 29.3 Å². The summed E-state index contributed by atoms with van der Waals surface area (Å²) in [4.78, 5) is 11.8. The third-order valence-corrected chi connectivity index (χ3v) is 3.41. The Kier molecular flexibility index (Phi) is 5.51. The van der Waals surface area contributed by atoms with Gasteiger partial charge in [0.1, 0.15) is 5.75 Å². The van der Waals surface area contributed by atoms with Crippen LogP contribution < -0.4 is 10.1 Å². The summed E-state index contributed by atoms with van der Waals surface area (Å²) in [6.45, 7) is 0. The Morgan fingerprint density at radius 2 is 1.83 bits per heavy atom. The van der Waals surface area contributed by atoms with Crippen molar-refractivity contribution in [3.05, 3.63) is 64.7 Å². The number of nitrogens with one attached hydrogen (secondary N) is 1. The van der Waals surface area contributed by atoms with Crippen molar-refractivity contribution in [3.63, 3.8) is 0 Å². The molecule has 2 rings (SSSR count). The molecule has 24 heavy (non-hydrogen) atoms. The first-order valence-electron chi connectivity index (χ1n) is 6.79. The number of methoxy groups -OCH3 is 1. The average Bonchev–Trinajstić information content (AvgIpc) is 2.54. The van der Waals surface area contributed by atoms with Gasteiger partial charge in [-0.2, -0.15) is 13.2 Å². The molecule has 0 saturated heterocycles. The molecule has 0 unspecified atom stereocenters. The Balaban J connectivity index is 2.08. The molecule has 0 heterocycles. The lowest BCUT2D eigenvalue weighted by molar-refractivity contribution is -0.137. The van der Waals surface area contributed by atoms with E-state index in [1.54, 1.807) is 31.4 Å². The number of rotatable bonds is 4. The minimum absolute atomic E-state index is 0.0103. The topological polar surface area (TPSA) is 38.3 Å². The Bertz CT molecular complexity index is 755. The van der Waals surface area contributed by atoms with Crippen molar-refractivity contribution in [2.24, 2.45) is 0 Å². The van der Waals surface area contributed by atoms with Crippen molar-refractivity contribution < 1.29 is 22.7 Å². The second-order valence-corrected chi connectivity index (χ2v) is 5.20. The van der Waals surface area contributed by atoms with Crippen LogP contribution in [0, 0.1) is 0 Å². The lowest BCUT2D eigenvalue weighted by atomic mass is 10.2. The van der Waals surface area contributed by atoms with Crippen LogP contribution in [0.15, 0.2) is 48.5 Å². The molecular formula is C17H13ClF3NO2. The van der Waals surface area contributed by atoms with E-state index in [2.05, 4.69) is 5.32 Å². The molecule has 1 N–H and O–H groups in total. The van der Waals surface area contributed by atoms with E-state index in [0.717, 1.165) is 17.7 Å². The lowest BCUT2D eigenvalue weighted by Crippen LogP contribution is -2.11. The number of carbonyl (C=O) groups is 1. The van der Waals surface area contributed by atoms with Crippen molar-refractivity contribution in [1.82, 2.24) is 0 Å². The maximum atomic E-state index is 12.8. The first-order valence-corrected chi connectivity index (χ1v) is 7.17. The largest absolute Gasteiger partial charge is 0.497 e. The summed E-state index contributed by atoms with van der Waals surface area (Å²) in [5, 5.41) is 1.94. The second kappa shape index (κ2) is 7.40. The van der Waals surface area contributed by atoms with E-state index in [1.807, 2.05) is 0 Å². The van der Waals surface area contributed by atoms with Gasteiger partial charge >= 0.3 is 6.18 Å². The number of anilines is 1. The van der Waals surface area contributed by atoms with Gasteiger partial charge in [-0.15, -0.1) is 0 Å². The zero-order chi connectivity index (χ0) is 17.7. The summed E-state index contributed by atoms with van der Waals surface area (Å²) in [5.74, 6) is 0.124. The number of amides is 1. The molecule has 0 aliphatic carbocycles. The average molecular weight is 356 g/mol. The van der Waals surface area contributed by atoms with E-state index in [-0.39, 0.29) is 5.69 Å². The molecule has 2 aromatic rings. The van der Waals surface area contributed by atoms with Crippen LogP contribution in [0.4, 0.5) is 18.9 Å². The van der Waals surface area contributed by atoms with Gasteiger partial charge < -0.3 is 10.1 Å². The third kappa shape index (κ3) is 4.76. The standard InChI is InChI=1S/C17H13ClF3NO2/c1-24-13-6-2-11(3-7-13)4-9-16(23)22-12-5-8-15(18)14(10-12)17(19,20)21/h2-10H,1H3,(H,22,23). The molecule has 3 nitrogen and oxygen atoms in total. The number of ether oxygens (including phenoxy) is 1. The van der Waals surface area contributed by atoms with Crippen LogP contribution in [-0.4, -0.2) is 13.0 Å². The second-order valence-electron chi connectivity index (χ2n) is 4.79. The highest BCUT2D eigenvalue weighted by Crippen LogP contribution is 2.36. The number of hydrogen-bond donors (Lipinski definition) is 1. The number of carbonyl (C=O) groups excluding carboxylic acids is 1. The van der Waals surface area contributed by atoms with Crippen molar-refractivity contribution in [2.75, 3.05) is 12.4 Å². The predicted octanol–water partition coefficient (Wildman–Crippen LogP) is 5.02. The monoisotopic (exact) mass is 355 g/mol. The molecule has 1 amide bonds. The van der Waals surface area contributed by atoms with Crippen molar-refractivity contribution in [3.8, 4) is 5.75 Å². The molecule has 7 heteroatoms. The van der Waals surface area contributed by atoms with Crippen LogP contribution in [0.2, 0.25) is 5.02 Å². The van der Waals surface area contributed by atoms with Gasteiger partial charge in [0.05, 0.1) is 17.7 Å². The highest BCUT2D eigenvalue weighted by atomic mass is 35.5. The highest BCUT2D eigenvalue weighted by molar-refractivity contribution is 6.31. The van der Waals surface area contributed by atoms with E-state index in [9.17, 15) is 18.0 Å². The van der Waals surface area contributed by atoms with Crippen LogP contribution in [-0.2, 0) is 11.0 Å². The number of alkyl halides is 3. The molecule has 0 aromatic heterocycles. The van der Waals surface area contributed by atoms with Gasteiger partial charge in [0, 0.05) is 11.8 Å². The molecule has 0 bridgehead atoms. The number of hydrogen-bond acceptors (Lipinski definition) is 2. The highest BCUT2D eigenvalue weighted by Gasteiger charge is 2.33. The van der Waals surface area contributed by atoms with Crippen LogP contribution in [0.5, 0.6) is 5.75 Å². The summed E-state index contributed by atoms with van der Waals surface area (Å²) >= 11 is 5.53. The first-order chi connectivity index (χ1) is 11.3. The van der Waals surface area contributed by atoms with Gasteiger partial charge in [-0.3, -0.25) is 4.79 Å². The fourth-order valence-corrected chi connectivity index (χ4v) is 2.12. The Hall–Kier alpha value is -2.47. The van der Waals surface area contributed by atoms with Crippen molar-refractivity contribution in [1.29, 1.82) is 0 Å². The van der Waals surface area contributed by atoms with Gasteiger partial charge in [-0.05, 0) is 42.0 Å². The predicted molar refractivity (Wildman–Crippen MR) is 87.1 cm³/mol. The van der Waals surface area contributed by atoms with E-state index in [1.165, 1.54) is 18.2 Å². The Labute approximate surface area is 141 Å². The Morgan fingerprint density at radius 1 is 1.17 bits per heavy atom. The number of halogens is 4. The van der Waals surface area contributed by atoms with Gasteiger partial charge in [-0.25, -0.2) is 0 Å². The smallest absolute Gasteiger partial charge is 0.417 e. The van der Waals surface area contributed by atoms with Crippen LogP contribution in [0.3, 0.4) is 0 Å². The molecule has 0 aliphatic rings. The number of benzene rings is 2. The molecule has 0 saturated carbocycles. The summed E-state index contributed by atoms with van der Waals surface area (Å²) < 4.78 is 43.3. The minimum Gasteiger partial charge on any atom is -0.497 e. The lowest BCUT2D eigenvalue weighted by Gasteiger charge is -2.11. The summed E-state index contributed by atoms with van der Waals surface area (Å²) in [5.41, 5.74) is -0.241. The van der Waals surface area contributed by atoms with E-state index in [4.69, 9.17) is 16.3 Å². The van der Waals surface area contributed by atoms with Crippen LogP contribution >= 0.6 is 11.6 Å². The van der Waals surface area contributed by atoms with Crippen LogP contribution in [0.25, 0.3) is 6.08 Å². The van der Waals surface area contributed by atoms with Gasteiger partial charge in [0.25, 0.3) is 0 Å². The molecule has 2 aromatic carbocycles. The normalized spacial score (nSPS) is 11.5. The Morgan fingerprint density at radius 3 is 2.42 bits per heavy atom. The fourth-order valence-electron chi connectivity index (χ4n) is 1.89. The molecule has 0 radical (unpaired) electrons. The van der Waals surface area contributed by atoms with Crippen molar-refractivity contribution in [2.45, 2.75) is 6.18 Å². The van der Waals surface area contributed by atoms with Gasteiger partial charge in [-0.1, -0.05) is 23.7 Å². The van der Waals surface area contributed by atoms with Gasteiger partial charge in [0.15, 0.2) is 0 Å². The van der Waals surface area contributed by atoms with E-state index in [0.29, 0.717) is 5.75 Å². The summed E-state index contributed by atoms with van der Waals surface area (Å²) in [6.07, 6.45) is -1.82. The molecule has 0 spiro atoms. The maximum absolute atomic E-state index is 12.8. The molecular weight excluding hydrogens is 343 g/mol. The fraction of sp³-hybridized carbons (Fsp3) is 0.118. The zero-order valence-electron chi connectivity index (χ0n) is 12.5. The van der Waals surface area contributed by atoms with E-state index < -0.39 is 22.7 Å².